The highest BCUT2D eigenvalue weighted by molar-refractivity contribution is 5.95. The highest BCUT2D eigenvalue weighted by Gasteiger charge is 2.09. The Balaban J connectivity index is 1.96. The van der Waals surface area contributed by atoms with Gasteiger partial charge in [-0.3, -0.25) is 4.79 Å². The number of esters is 1. The van der Waals surface area contributed by atoms with Gasteiger partial charge in [0.1, 0.15) is 0 Å². The SMILES string of the molecule is COC(=O)c1cccc(NC(=O)COc2ccccc2OC)c1. The fourth-order valence-corrected chi connectivity index (χ4v) is 1.92. The van der Waals surface area contributed by atoms with Crippen LogP contribution < -0.4 is 14.8 Å². The Morgan fingerprint density at radius 3 is 2.43 bits per heavy atom. The lowest BCUT2D eigenvalue weighted by molar-refractivity contribution is -0.118. The molecule has 0 saturated heterocycles. The number of methoxy groups -OCH3 is 2. The average molecular weight is 315 g/mol. The topological polar surface area (TPSA) is 73.9 Å². The van der Waals surface area contributed by atoms with E-state index in [1.165, 1.54) is 20.3 Å². The predicted molar refractivity (Wildman–Crippen MR) is 84.9 cm³/mol. The molecule has 0 spiro atoms. The molecule has 2 aromatic rings. The molecule has 0 heterocycles. The summed E-state index contributed by atoms with van der Waals surface area (Å²) in [6, 6.07) is 13.5. The standard InChI is InChI=1S/C17H17NO5/c1-21-14-8-3-4-9-15(14)23-11-16(19)18-13-7-5-6-12(10-13)17(20)22-2/h3-10H,11H2,1-2H3,(H,18,19). The summed E-state index contributed by atoms with van der Waals surface area (Å²) < 4.78 is 15.2. The molecule has 0 aliphatic heterocycles. The monoisotopic (exact) mass is 315 g/mol. The number of carbonyl (C=O) groups is 2. The van der Waals surface area contributed by atoms with Crippen LogP contribution in [0.2, 0.25) is 0 Å². The average Bonchev–Trinajstić information content (AvgIpc) is 2.59. The van der Waals surface area contributed by atoms with Crippen LogP contribution in [-0.4, -0.2) is 32.7 Å². The first-order valence-corrected chi connectivity index (χ1v) is 6.88. The summed E-state index contributed by atoms with van der Waals surface area (Å²) >= 11 is 0. The number of anilines is 1. The van der Waals surface area contributed by atoms with Gasteiger partial charge in [-0.25, -0.2) is 4.79 Å². The van der Waals surface area contributed by atoms with E-state index in [4.69, 9.17) is 9.47 Å². The summed E-state index contributed by atoms with van der Waals surface area (Å²) in [5.41, 5.74) is 0.845. The zero-order valence-electron chi connectivity index (χ0n) is 12.9. The van der Waals surface area contributed by atoms with E-state index in [9.17, 15) is 9.59 Å². The Morgan fingerprint density at radius 2 is 1.74 bits per heavy atom. The molecule has 6 heteroatoms. The lowest BCUT2D eigenvalue weighted by Gasteiger charge is -2.11. The number of hydrogen-bond acceptors (Lipinski definition) is 5. The molecular formula is C17H17NO5. The fourth-order valence-electron chi connectivity index (χ4n) is 1.92. The summed E-state index contributed by atoms with van der Waals surface area (Å²) in [4.78, 5) is 23.4. The number of amides is 1. The van der Waals surface area contributed by atoms with Crippen LogP contribution in [0.5, 0.6) is 11.5 Å². The van der Waals surface area contributed by atoms with Gasteiger partial charge in [-0.05, 0) is 30.3 Å². The van der Waals surface area contributed by atoms with E-state index in [0.29, 0.717) is 22.7 Å². The zero-order valence-corrected chi connectivity index (χ0v) is 12.9. The Labute approximate surface area is 134 Å². The minimum atomic E-state index is -0.466. The second kappa shape index (κ2) is 7.84. The number of para-hydroxylation sites is 2. The smallest absolute Gasteiger partial charge is 0.337 e. The number of carbonyl (C=O) groups excluding carboxylic acids is 2. The van der Waals surface area contributed by atoms with Gasteiger partial charge in [-0.1, -0.05) is 18.2 Å². The number of nitrogens with one attached hydrogen (secondary N) is 1. The normalized spacial score (nSPS) is 9.83. The molecular weight excluding hydrogens is 298 g/mol. The van der Waals surface area contributed by atoms with Crippen molar-refractivity contribution in [1.29, 1.82) is 0 Å². The minimum Gasteiger partial charge on any atom is -0.493 e. The van der Waals surface area contributed by atoms with Crippen LogP contribution in [0, 0.1) is 0 Å². The summed E-state index contributed by atoms with van der Waals surface area (Å²) in [6.45, 7) is -0.178. The zero-order chi connectivity index (χ0) is 16.7. The molecule has 0 aliphatic rings. The molecule has 0 saturated carbocycles. The predicted octanol–water partition coefficient (Wildman–Crippen LogP) is 2.50. The molecule has 2 aromatic carbocycles. The van der Waals surface area contributed by atoms with Gasteiger partial charge in [0.2, 0.25) is 0 Å². The third-order valence-electron chi connectivity index (χ3n) is 3.00. The van der Waals surface area contributed by atoms with Crippen molar-refractivity contribution in [2.24, 2.45) is 0 Å². The molecule has 1 amide bonds. The van der Waals surface area contributed by atoms with Crippen LogP contribution in [-0.2, 0) is 9.53 Å². The molecule has 0 unspecified atom stereocenters. The van der Waals surface area contributed by atoms with Crippen LogP contribution in [0.4, 0.5) is 5.69 Å². The largest absolute Gasteiger partial charge is 0.493 e. The fraction of sp³-hybridized carbons (Fsp3) is 0.176. The van der Waals surface area contributed by atoms with Crippen molar-refractivity contribution in [3.8, 4) is 11.5 Å². The third kappa shape index (κ3) is 4.47. The van der Waals surface area contributed by atoms with E-state index in [0.717, 1.165) is 0 Å². The van der Waals surface area contributed by atoms with Gasteiger partial charge >= 0.3 is 5.97 Å². The Hall–Kier alpha value is -3.02. The number of rotatable bonds is 6. The molecule has 0 radical (unpaired) electrons. The molecule has 120 valence electrons. The first-order chi connectivity index (χ1) is 11.1. The second-order valence-electron chi connectivity index (χ2n) is 4.56. The van der Waals surface area contributed by atoms with Crippen molar-refractivity contribution in [3.63, 3.8) is 0 Å². The van der Waals surface area contributed by atoms with Gasteiger partial charge in [0.05, 0.1) is 19.8 Å². The molecule has 23 heavy (non-hydrogen) atoms. The van der Waals surface area contributed by atoms with Gasteiger partial charge in [0.25, 0.3) is 5.91 Å². The number of benzene rings is 2. The molecule has 1 N–H and O–H groups in total. The van der Waals surface area contributed by atoms with Gasteiger partial charge in [0.15, 0.2) is 18.1 Å². The first-order valence-electron chi connectivity index (χ1n) is 6.88. The van der Waals surface area contributed by atoms with Crippen molar-refractivity contribution in [1.82, 2.24) is 0 Å². The van der Waals surface area contributed by atoms with Crippen LogP contribution in [0.1, 0.15) is 10.4 Å². The Kier molecular flexibility index (Phi) is 5.57. The van der Waals surface area contributed by atoms with Crippen LogP contribution >= 0.6 is 0 Å². The molecule has 2 rings (SSSR count). The van der Waals surface area contributed by atoms with Gasteiger partial charge < -0.3 is 19.5 Å². The number of hydrogen-bond donors (Lipinski definition) is 1. The van der Waals surface area contributed by atoms with Crippen LogP contribution in [0.25, 0.3) is 0 Å². The molecule has 0 atom stereocenters. The highest BCUT2D eigenvalue weighted by atomic mass is 16.5. The second-order valence-corrected chi connectivity index (χ2v) is 4.56. The molecule has 0 aliphatic carbocycles. The third-order valence-corrected chi connectivity index (χ3v) is 3.00. The Bertz CT molecular complexity index is 699. The quantitative estimate of drug-likeness (QED) is 0.829. The van der Waals surface area contributed by atoms with E-state index >= 15 is 0 Å². The van der Waals surface area contributed by atoms with E-state index in [-0.39, 0.29) is 12.5 Å². The van der Waals surface area contributed by atoms with E-state index in [1.54, 1.807) is 36.4 Å². The highest BCUT2D eigenvalue weighted by Crippen LogP contribution is 2.25. The lowest BCUT2D eigenvalue weighted by Crippen LogP contribution is -2.20. The van der Waals surface area contributed by atoms with Crippen molar-refractivity contribution in [2.45, 2.75) is 0 Å². The summed E-state index contributed by atoms with van der Waals surface area (Å²) in [5.74, 6) is 0.214. The minimum absolute atomic E-state index is 0.178. The molecule has 6 nitrogen and oxygen atoms in total. The molecule has 0 bridgehead atoms. The summed E-state index contributed by atoms with van der Waals surface area (Å²) in [5, 5.41) is 2.66. The van der Waals surface area contributed by atoms with E-state index in [2.05, 4.69) is 10.1 Å². The van der Waals surface area contributed by atoms with Crippen molar-refractivity contribution in [3.05, 3.63) is 54.1 Å². The van der Waals surface area contributed by atoms with E-state index < -0.39 is 5.97 Å². The lowest BCUT2D eigenvalue weighted by atomic mass is 10.2. The van der Waals surface area contributed by atoms with Gasteiger partial charge in [-0.2, -0.15) is 0 Å². The van der Waals surface area contributed by atoms with Gasteiger partial charge in [0, 0.05) is 5.69 Å². The van der Waals surface area contributed by atoms with Crippen molar-refractivity contribution >= 4 is 17.6 Å². The maximum atomic E-state index is 11.9. The van der Waals surface area contributed by atoms with Crippen LogP contribution in [0.15, 0.2) is 48.5 Å². The van der Waals surface area contributed by atoms with Crippen LogP contribution in [0.3, 0.4) is 0 Å². The van der Waals surface area contributed by atoms with Gasteiger partial charge in [-0.15, -0.1) is 0 Å². The summed E-state index contributed by atoms with van der Waals surface area (Å²) in [7, 11) is 2.83. The summed E-state index contributed by atoms with van der Waals surface area (Å²) in [6.07, 6.45) is 0. The molecule has 0 fully saturated rings. The number of ether oxygens (including phenoxy) is 3. The Morgan fingerprint density at radius 1 is 1.00 bits per heavy atom. The molecule has 0 aromatic heterocycles. The van der Waals surface area contributed by atoms with E-state index in [1.807, 2.05) is 6.07 Å². The first kappa shape index (κ1) is 16.4. The van der Waals surface area contributed by atoms with Crippen molar-refractivity contribution < 1.29 is 23.8 Å². The van der Waals surface area contributed by atoms with Crippen molar-refractivity contribution in [2.75, 3.05) is 26.1 Å². The maximum Gasteiger partial charge on any atom is 0.337 e. The maximum absolute atomic E-state index is 11.9.